The number of carbonyl (C=O) groups excluding carboxylic acids is 2. The van der Waals surface area contributed by atoms with E-state index in [0.29, 0.717) is 20.6 Å². The van der Waals surface area contributed by atoms with Crippen LogP contribution in [0.15, 0.2) is 102 Å². The van der Waals surface area contributed by atoms with Crippen LogP contribution in [-0.2, 0) is 32.6 Å². The second-order valence-corrected chi connectivity index (χ2v) is 14.9. The minimum Gasteiger partial charge on any atom is -0.352 e. The molecule has 0 bridgehead atoms. The molecule has 1 aliphatic carbocycles. The van der Waals surface area contributed by atoms with Crippen LogP contribution in [0.2, 0.25) is 15.1 Å². The summed E-state index contributed by atoms with van der Waals surface area (Å²) in [5.74, 6) is -0.863. The number of rotatable bonds is 12. The molecule has 4 aromatic carbocycles. The summed E-state index contributed by atoms with van der Waals surface area (Å²) in [6.07, 6.45) is 3.99. The van der Waals surface area contributed by atoms with Gasteiger partial charge in [0.2, 0.25) is 11.8 Å². The smallest absolute Gasteiger partial charge is 0.264 e. The summed E-state index contributed by atoms with van der Waals surface area (Å²) in [4.78, 5) is 30.2. The van der Waals surface area contributed by atoms with Crippen molar-refractivity contribution in [3.8, 4) is 0 Å². The first-order valence-corrected chi connectivity index (χ1v) is 18.0. The highest BCUT2D eigenvalue weighted by atomic mass is 35.5. The Morgan fingerprint density at radius 3 is 2.13 bits per heavy atom. The molecule has 1 saturated carbocycles. The molecule has 2 amide bonds. The Bertz CT molecular complexity index is 1800. The van der Waals surface area contributed by atoms with E-state index in [2.05, 4.69) is 5.32 Å². The van der Waals surface area contributed by atoms with E-state index in [1.165, 1.54) is 17.0 Å². The third-order valence-electron chi connectivity index (χ3n) is 8.31. The van der Waals surface area contributed by atoms with Crippen molar-refractivity contribution >= 4 is 62.3 Å². The van der Waals surface area contributed by atoms with Crippen LogP contribution in [0.25, 0.3) is 0 Å². The van der Waals surface area contributed by atoms with Gasteiger partial charge in [0.1, 0.15) is 12.6 Å². The molecule has 0 radical (unpaired) electrons. The Labute approximate surface area is 291 Å². The number of anilines is 1. The molecule has 1 atom stereocenters. The summed E-state index contributed by atoms with van der Waals surface area (Å²) in [6, 6.07) is 26.2. The second kappa shape index (κ2) is 15.6. The lowest BCUT2D eigenvalue weighted by atomic mass is 10.0. The van der Waals surface area contributed by atoms with Crippen molar-refractivity contribution < 1.29 is 18.0 Å². The van der Waals surface area contributed by atoms with Gasteiger partial charge in [-0.2, -0.15) is 0 Å². The summed E-state index contributed by atoms with van der Waals surface area (Å²) in [5.41, 5.74) is 2.64. The molecular weight excluding hydrogens is 677 g/mol. The van der Waals surface area contributed by atoms with Gasteiger partial charge >= 0.3 is 0 Å². The van der Waals surface area contributed by atoms with Gasteiger partial charge in [0.05, 0.1) is 20.6 Å². The molecule has 0 aliphatic heterocycles. The summed E-state index contributed by atoms with van der Waals surface area (Å²) < 4.78 is 29.4. The van der Waals surface area contributed by atoms with Crippen LogP contribution in [0.5, 0.6) is 0 Å². The Hall–Kier alpha value is -3.56. The zero-order valence-electron chi connectivity index (χ0n) is 25.9. The normalized spacial score (nSPS) is 14.0. The van der Waals surface area contributed by atoms with Gasteiger partial charge in [-0.05, 0) is 79.4 Å². The number of carbonyl (C=O) groups is 2. The zero-order valence-corrected chi connectivity index (χ0v) is 29.0. The summed E-state index contributed by atoms with van der Waals surface area (Å²) >= 11 is 18.7. The molecule has 47 heavy (non-hydrogen) atoms. The lowest BCUT2D eigenvalue weighted by Gasteiger charge is -2.34. The first kappa shape index (κ1) is 34.8. The van der Waals surface area contributed by atoms with Crippen LogP contribution in [0.4, 0.5) is 5.69 Å². The minimum absolute atomic E-state index is 0.00943. The standard InChI is InChI=1S/C36H36Cl3N3O4S/c1-25-11-18-31(19-12-25)47(45,46)42(30-16-14-28(37)15-17-30)24-35(43)41(23-27-13-20-32(38)33(39)21-27)34(22-26-7-3-2-4-8-26)36(44)40-29-9-5-6-10-29/h2-4,7-8,11-21,29,34H,5-6,9-10,22-24H2,1H3,(H,40,44). The number of hydrogen-bond donors (Lipinski definition) is 1. The van der Waals surface area contributed by atoms with E-state index in [-0.39, 0.29) is 35.5 Å². The molecule has 0 saturated heterocycles. The molecule has 0 heterocycles. The number of aryl methyl sites for hydroxylation is 1. The van der Waals surface area contributed by atoms with E-state index in [0.717, 1.165) is 41.1 Å². The highest BCUT2D eigenvalue weighted by Gasteiger charge is 2.35. The average Bonchev–Trinajstić information content (AvgIpc) is 3.57. The highest BCUT2D eigenvalue weighted by molar-refractivity contribution is 7.92. The zero-order chi connectivity index (χ0) is 33.6. The van der Waals surface area contributed by atoms with Crippen molar-refractivity contribution in [3.63, 3.8) is 0 Å². The SMILES string of the molecule is Cc1ccc(S(=O)(=O)N(CC(=O)N(Cc2ccc(Cl)c(Cl)c2)C(Cc2ccccc2)C(=O)NC2CCCC2)c2ccc(Cl)cc2)cc1. The molecular formula is C36H36Cl3N3O4S. The Balaban J connectivity index is 1.57. The Morgan fingerprint density at radius 1 is 0.830 bits per heavy atom. The van der Waals surface area contributed by atoms with Crippen LogP contribution in [0, 0.1) is 6.92 Å². The van der Waals surface area contributed by atoms with Crippen molar-refractivity contribution in [3.05, 3.63) is 129 Å². The molecule has 1 N–H and O–H groups in total. The molecule has 7 nitrogen and oxygen atoms in total. The number of hydrogen-bond acceptors (Lipinski definition) is 4. The fourth-order valence-corrected chi connectivity index (χ4v) is 7.59. The predicted molar refractivity (Wildman–Crippen MR) is 189 cm³/mol. The lowest BCUT2D eigenvalue weighted by molar-refractivity contribution is -0.140. The molecule has 0 spiro atoms. The van der Waals surface area contributed by atoms with Gasteiger partial charge in [-0.25, -0.2) is 8.42 Å². The summed E-state index contributed by atoms with van der Waals surface area (Å²) in [5, 5.41) is 4.24. The van der Waals surface area contributed by atoms with E-state index in [4.69, 9.17) is 34.8 Å². The third-order valence-corrected chi connectivity index (χ3v) is 11.1. The Kier molecular flexibility index (Phi) is 11.5. The topological polar surface area (TPSA) is 86.8 Å². The van der Waals surface area contributed by atoms with Gasteiger partial charge in [0, 0.05) is 24.0 Å². The van der Waals surface area contributed by atoms with Crippen molar-refractivity contribution in [2.24, 2.45) is 0 Å². The molecule has 4 aromatic rings. The quantitative estimate of drug-likeness (QED) is 0.162. The van der Waals surface area contributed by atoms with Gasteiger partial charge in [0.25, 0.3) is 10.0 Å². The molecule has 1 aliphatic rings. The van der Waals surface area contributed by atoms with Gasteiger partial charge in [-0.3, -0.25) is 13.9 Å². The third kappa shape index (κ3) is 8.87. The van der Waals surface area contributed by atoms with Crippen molar-refractivity contribution in [2.45, 2.75) is 62.6 Å². The van der Waals surface area contributed by atoms with E-state index in [1.54, 1.807) is 54.6 Å². The van der Waals surface area contributed by atoms with Crippen molar-refractivity contribution in [2.75, 3.05) is 10.8 Å². The number of sulfonamides is 1. The number of benzene rings is 4. The summed E-state index contributed by atoms with van der Waals surface area (Å²) in [7, 11) is -4.22. The largest absolute Gasteiger partial charge is 0.352 e. The van der Waals surface area contributed by atoms with Crippen LogP contribution in [-0.4, -0.2) is 43.8 Å². The van der Waals surface area contributed by atoms with Gasteiger partial charge in [-0.15, -0.1) is 0 Å². The van der Waals surface area contributed by atoms with E-state index in [9.17, 15) is 18.0 Å². The number of nitrogens with zero attached hydrogens (tertiary/aromatic N) is 2. The van der Waals surface area contributed by atoms with E-state index < -0.39 is 28.5 Å². The Morgan fingerprint density at radius 2 is 1.49 bits per heavy atom. The first-order chi connectivity index (χ1) is 22.5. The maximum absolute atomic E-state index is 14.6. The number of nitrogens with one attached hydrogen (secondary N) is 1. The number of halogens is 3. The lowest BCUT2D eigenvalue weighted by Crippen LogP contribution is -2.54. The van der Waals surface area contributed by atoms with Gasteiger partial charge < -0.3 is 10.2 Å². The van der Waals surface area contributed by atoms with Crippen LogP contribution in [0.3, 0.4) is 0 Å². The highest BCUT2D eigenvalue weighted by Crippen LogP contribution is 2.28. The molecule has 1 unspecified atom stereocenters. The van der Waals surface area contributed by atoms with E-state index >= 15 is 0 Å². The van der Waals surface area contributed by atoms with Gasteiger partial charge in [0.15, 0.2) is 0 Å². The average molecular weight is 713 g/mol. The second-order valence-electron chi connectivity index (χ2n) is 11.8. The maximum atomic E-state index is 14.6. The molecule has 11 heteroatoms. The molecule has 246 valence electrons. The van der Waals surface area contributed by atoms with Crippen LogP contribution >= 0.6 is 34.8 Å². The number of amides is 2. The van der Waals surface area contributed by atoms with Crippen LogP contribution < -0.4 is 9.62 Å². The molecule has 1 fully saturated rings. The maximum Gasteiger partial charge on any atom is 0.264 e. The minimum atomic E-state index is -4.22. The monoisotopic (exact) mass is 711 g/mol. The predicted octanol–water partition coefficient (Wildman–Crippen LogP) is 7.85. The fourth-order valence-electron chi connectivity index (χ4n) is 5.73. The molecule has 0 aromatic heterocycles. The first-order valence-electron chi connectivity index (χ1n) is 15.4. The van der Waals surface area contributed by atoms with Gasteiger partial charge in [-0.1, -0.05) is 102 Å². The van der Waals surface area contributed by atoms with E-state index in [1.807, 2.05) is 37.3 Å². The fraction of sp³-hybridized carbons (Fsp3) is 0.278. The summed E-state index contributed by atoms with van der Waals surface area (Å²) in [6.45, 7) is 1.28. The van der Waals surface area contributed by atoms with Crippen LogP contribution in [0.1, 0.15) is 42.4 Å². The van der Waals surface area contributed by atoms with Crippen molar-refractivity contribution in [1.29, 1.82) is 0 Å². The molecule has 5 rings (SSSR count). The van der Waals surface area contributed by atoms with Crippen molar-refractivity contribution in [1.82, 2.24) is 10.2 Å².